The third-order valence-electron chi connectivity index (χ3n) is 18.7. The third-order valence-corrected chi connectivity index (χ3v) is 18.7. The summed E-state index contributed by atoms with van der Waals surface area (Å²) in [5.74, 6) is 1.51. The SMILES string of the molecule is CC(C)n1cnc2cc(-c3ccc4c(c3)N([C@H]3C[C@@H](N5CCCCC5)C3)C(=O)C43CCN(C(=O)[C@@H]4CC5C[C@H]4CN5C(=O)C4CCN(c5ccc(C6CCC(=O)NC6=O)cn5)CC4)CC3)nc(NC3CC3)c21. The van der Waals surface area contributed by atoms with E-state index in [-0.39, 0.29) is 71.3 Å². The minimum atomic E-state index is -0.671. The van der Waals surface area contributed by atoms with Gasteiger partial charge in [0, 0.05) is 98.6 Å². The molecule has 4 aromatic rings. The number of piperidine rings is 5. The van der Waals surface area contributed by atoms with Crippen molar-refractivity contribution in [2.24, 2.45) is 17.8 Å². The molecule has 2 N–H and O–H groups in total. The Kier molecular flexibility index (Phi) is 11.4. The van der Waals surface area contributed by atoms with Gasteiger partial charge in [0.05, 0.1) is 28.9 Å². The largest absolute Gasteiger partial charge is 0.366 e. The minimum absolute atomic E-state index is 0.0508. The van der Waals surface area contributed by atoms with Crippen LogP contribution in [0.5, 0.6) is 0 Å². The lowest BCUT2D eigenvalue weighted by Crippen LogP contribution is -2.58. The fraction of sp³-hybridized carbons (Fsp3) is 0.607. The molecule has 16 nitrogen and oxygen atoms in total. The zero-order chi connectivity index (χ0) is 49.0. The molecule has 9 heterocycles. The Morgan fingerprint density at radius 2 is 1.60 bits per heavy atom. The molecule has 2 unspecified atom stereocenters. The lowest BCUT2D eigenvalue weighted by Gasteiger charge is -2.48. The molecular formula is C56H69N11O5. The summed E-state index contributed by atoms with van der Waals surface area (Å²) in [6.07, 6.45) is 16.9. The van der Waals surface area contributed by atoms with Crippen molar-refractivity contribution in [3.05, 3.63) is 60.0 Å². The fourth-order valence-electron chi connectivity index (χ4n) is 14.3. The second-order valence-electron chi connectivity index (χ2n) is 23.3. The smallest absolute Gasteiger partial charge is 0.238 e. The number of carbonyl (C=O) groups is 5. The summed E-state index contributed by atoms with van der Waals surface area (Å²) in [5, 5.41) is 6.14. The summed E-state index contributed by atoms with van der Waals surface area (Å²) in [5.41, 5.74) is 6.07. The molecule has 0 radical (unpaired) electrons. The number of likely N-dealkylation sites (tertiary alicyclic amines) is 3. The average Bonchev–Trinajstić information content (AvgIpc) is 3.65. The van der Waals surface area contributed by atoms with Crippen molar-refractivity contribution in [3.8, 4) is 11.3 Å². The highest BCUT2D eigenvalue weighted by Crippen LogP contribution is 2.53. The molecular weight excluding hydrogens is 907 g/mol. The van der Waals surface area contributed by atoms with E-state index < -0.39 is 5.41 Å². The van der Waals surface area contributed by atoms with Gasteiger partial charge in [0.15, 0.2) is 5.82 Å². The molecule has 5 saturated heterocycles. The van der Waals surface area contributed by atoms with Gasteiger partial charge in [-0.15, -0.1) is 0 Å². The van der Waals surface area contributed by atoms with Crippen LogP contribution < -0.4 is 20.4 Å². The van der Waals surface area contributed by atoms with Crippen molar-refractivity contribution < 1.29 is 24.0 Å². The molecule has 1 spiro atoms. The van der Waals surface area contributed by atoms with Crippen molar-refractivity contribution in [2.75, 3.05) is 60.9 Å². The number of fused-ring (bicyclic) bond motifs is 5. The Balaban J connectivity index is 0.672. The van der Waals surface area contributed by atoms with Crippen molar-refractivity contribution in [2.45, 2.75) is 152 Å². The van der Waals surface area contributed by atoms with Crippen molar-refractivity contribution >= 4 is 57.9 Å². The molecule has 16 heteroatoms. The number of nitrogens with one attached hydrogen (secondary N) is 2. The number of amides is 5. The Morgan fingerprint density at radius 3 is 2.29 bits per heavy atom. The summed E-state index contributed by atoms with van der Waals surface area (Å²) < 4.78 is 2.20. The number of anilines is 3. The lowest BCUT2D eigenvalue weighted by molar-refractivity contribution is -0.145. The van der Waals surface area contributed by atoms with Crippen LogP contribution in [-0.4, -0.2) is 134 Å². The van der Waals surface area contributed by atoms with Crippen molar-refractivity contribution in [1.29, 1.82) is 0 Å². The van der Waals surface area contributed by atoms with E-state index in [1.165, 1.54) is 19.3 Å². The van der Waals surface area contributed by atoms with E-state index >= 15 is 4.79 Å². The molecule has 378 valence electrons. The number of imide groups is 1. The maximum atomic E-state index is 15.3. The minimum Gasteiger partial charge on any atom is -0.366 e. The summed E-state index contributed by atoms with van der Waals surface area (Å²) in [6.45, 7) is 9.86. The normalized spacial score (nSPS) is 28.6. The van der Waals surface area contributed by atoms with Crippen LogP contribution in [0.2, 0.25) is 0 Å². The number of carbonyl (C=O) groups excluding carboxylic acids is 5. The van der Waals surface area contributed by atoms with Crippen LogP contribution in [0.4, 0.5) is 17.3 Å². The highest BCUT2D eigenvalue weighted by atomic mass is 16.2. The zero-order valence-electron chi connectivity index (χ0n) is 41.9. The van der Waals surface area contributed by atoms with Crippen LogP contribution in [0.25, 0.3) is 22.3 Å². The number of hydrogen-bond donors (Lipinski definition) is 2. The van der Waals surface area contributed by atoms with E-state index in [1.807, 2.05) is 23.4 Å². The number of rotatable bonds is 10. The van der Waals surface area contributed by atoms with E-state index in [2.05, 4.69) is 77.9 Å². The second-order valence-corrected chi connectivity index (χ2v) is 23.3. The van der Waals surface area contributed by atoms with Gasteiger partial charge in [0.1, 0.15) is 11.3 Å². The number of pyridine rings is 2. The van der Waals surface area contributed by atoms with Gasteiger partial charge in [0.25, 0.3) is 0 Å². The van der Waals surface area contributed by atoms with Gasteiger partial charge in [-0.05, 0) is 146 Å². The van der Waals surface area contributed by atoms with E-state index in [4.69, 9.17) is 9.97 Å². The predicted molar refractivity (Wildman–Crippen MR) is 273 cm³/mol. The van der Waals surface area contributed by atoms with Gasteiger partial charge in [-0.1, -0.05) is 24.6 Å². The molecule has 9 aliphatic rings. The van der Waals surface area contributed by atoms with Gasteiger partial charge < -0.3 is 34.4 Å². The highest BCUT2D eigenvalue weighted by molar-refractivity contribution is 6.09. The maximum absolute atomic E-state index is 15.3. The van der Waals surface area contributed by atoms with Crippen molar-refractivity contribution in [3.63, 3.8) is 0 Å². The third kappa shape index (κ3) is 7.87. The quantitative estimate of drug-likeness (QED) is 0.166. The van der Waals surface area contributed by atoms with Crippen LogP contribution in [-0.2, 0) is 29.4 Å². The summed E-state index contributed by atoms with van der Waals surface area (Å²) in [4.78, 5) is 93.9. The first-order chi connectivity index (χ1) is 35.0. The zero-order valence-corrected chi connectivity index (χ0v) is 41.9. The molecule has 2 bridgehead atoms. The fourth-order valence-corrected chi connectivity index (χ4v) is 14.3. The van der Waals surface area contributed by atoms with Gasteiger partial charge in [-0.25, -0.2) is 15.0 Å². The van der Waals surface area contributed by atoms with Gasteiger partial charge >= 0.3 is 0 Å². The van der Waals surface area contributed by atoms with E-state index in [1.54, 1.807) is 6.20 Å². The summed E-state index contributed by atoms with van der Waals surface area (Å²) in [6, 6.07) is 14.0. The number of imidazole rings is 1. The Morgan fingerprint density at radius 1 is 0.806 bits per heavy atom. The highest BCUT2D eigenvalue weighted by Gasteiger charge is 2.57. The second kappa shape index (κ2) is 17.9. The van der Waals surface area contributed by atoms with Crippen LogP contribution in [0, 0.1) is 17.8 Å². The standard InChI is InChI=1S/C56H69N11O5/c1-33(2)66-32-58-46-29-45(60-51(50(46)66)59-38-8-9-38)35-6-11-44-47(25-35)67(41-26-39(27-41)62-18-4-3-5-19-62)55(72)56(44)16-22-64(23-17-56)54(71)43-28-40-24-37(43)31-65(40)53(70)34-14-20-63(21-15-34)48-12-7-36(30-57-48)42-10-13-49(68)61-52(42)69/h6-7,11-12,25,29-30,32-34,37-43H,3-5,8-10,13-24,26-28,31H2,1-2H3,(H,59,60)(H,61,68,69)/t37-,39-,40?,41+,42?,43+/m0/s1. The van der Waals surface area contributed by atoms with Crippen LogP contribution >= 0.6 is 0 Å². The van der Waals surface area contributed by atoms with Gasteiger partial charge in [-0.2, -0.15) is 0 Å². The molecule has 1 aromatic carbocycles. The van der Waals surface area contributed by atoms with Crippen LogP contribution in [0.1, 0.15) is 133 Å². The molecule has 8 fully saturated rings. The Hall–Kier alpha value is -5.90. The van der Waals surface area contributed by atoms with Crippen LogP contribution in [0.15, 0.2) is 48.9 Å². The molecule has 3 aromatic heterocycles. The first-order valence-electron chi connectivity index (χ1n) is 27.5. The maximum Gasteiger partial charge on any atom is 0.238 e. The molecule has 3 saturated carbocycles. The molecule has 72 heavy (non-hydrogen) atoms. The lowest BCUT2D eigenvalue weighted by atomic mass is 9.73. The van der Waals surface area contributed by atoms with E-state index in [0.29, 0.717) is 63.8 Å². The first kappa shape index (κ1) is 45.9. The van der Waals surface area contributed by atoms with E-state index in [0.717, 1.165) is 122 Å². The topological polar surface area (TPSA) is 169 Å². The number of nitrogens with zero attached hydrogens (tertiary/aromatic N) is 9. The average molecular weight is 976 g/mol. The van der Waals surface area contributed by atoms with Crippen molar-refractivity contribution in [1.82, 2.24) is 39.5 Å². The number of hydrogen-bond acceptors (Lipinski definition) is 11. The molecule has 5 amide bonds. The monoisotopic (exact) mass is 976 g/mol. The summed E-state index contributed by atoms with van der Waals surface area (Å²) in [7, 11) is 0. The summed E-state index contributed by atoms with van der Waals surface area (Å²) >= 11 is 0. The Bertz CT molecular complexity index is 2810. The molecule has 6 aliphatic heterocycles. The molecule has 13 rings (SSSR count). The number of benzene rings is 1. The first-order valence-corrected chi connectivity index (χ1v) is 27.5. The van der Waals surface area contributed by atoms with Gasteiger partial charge in [0.2, 0.25) is 29.5 Å². The van der Waals surface area contributed by atoms with Gasteiger partial charge in [-0.3, -0.25) is 29.3 Å². The molecule has 3 aliphatic carbocycles. The Labute approximate surface area is 421 Å². The molecule has 4 atom stereocenters. The van der Waals surface area contributed by atoms with E-state index in [9.17, 15) is 19.2 Å². The van der Waals surface area contributed by atoms with Crippen LogP contribution in [0.3, 0.4) is 0 Å². The predicted octanol–water partition coefficient (Wildman–Crippen LogP) is 6.55. The number of aromatic nitrogens is 4.